The zero-order valence-electron chi connectivity index (χ0n) is 17.7. The number of nitrogens with zero attached hydrogens (tertiary/aromatic N) is 2. The number of hydrogen-bond donors (Lipinski definition) is 0. The lowest BCUT2D eigenvalue weighted by Gasteiger charge is -2.32. The second kappa shape index (κ2) is 10.9. The van der Waals surface area contributed by atoms with Crippen molar-refractivity contribution < 1.29 is 4.79 Å². The van der Waals surface area contributed by atoms with Gasteiger partial charge in [0.25, 0.3) is 5.91 Å². The number of carbonyl (C=O) groups excluding carboxylic acids is 1. The minimum Gasteiger partial charge on any atom is -0.267 e. The van der Waals surface area contributed by atoms with Crippen molar-refractivity contribution in [2.24, 2.45) is 9.98 Å². The van der Waals surface area contributed by atoms with Gasteiger partial charge in [0.05, 0.1) is 5.29 Å². The van der Waals surface area contributed by atoms with Gasteiger partial charge in [0.1, 0.15) is 10.9 Å². The van der Waals surface area contributed by atoms with Crippen LogP contribution in [0.3, 0.4) is 0 Å². The maximum Gasteiger partial charge on any atom is 0.282 e. The summed E-state index contributed by atoms with van der Waals surface area (Å²) in [5, 5.41) is 4.75. The van der Waals surface area contributed by atoms with Gasteiger partial charge in [0.2, 0.25) is 0 Å². The Morgan fingerprint density at radius 2 is 1.25 bits per heavy atom. The van der Waals surface area contributed by atoms with Crippen LogP contribution in [0.5, 0.6) is 0 Å². The van der Waals surface area contributed by atoms with E-state index in [9.17, 15) is 4.79 Å². The number of thioether (sulfide) groups is 1. The molecule has 3 aromatic rings. The van der Waals surface area contributed by atoms with Gasteiger partial charge in [0, 0.05) is 5.75 Å². The van der Waals surface area contributed by atoms with Crippen LogP contribution in [0.2, 0.25) is 0 Å². The van der Waals surface area contributed by atoms with E-state index in [0.29, 0.717) is 16.9 Å². The Hall–Kier alpha value is -2.46. The number of halogens is 1. The molecule has 0 aliphatic carbocycles. The third kappa shape index (κ3) is 4.52. The molecule has 3 nitrogen and oxygen atoms in total. The van der Waals surface area contributed by atoms with Crippen molar-refractivity contribution >= 4 is 73.6 Å². The zero-order valence-corrected chi connectivity index (χ0v) is 21.1. The van der Waals surface area contributed by atoms with Crippen LogP contribution in [0.1, 0.15) is 6.92 Å². The van der Waals surface area contributed by atoms with E-state index in [-0.39, 0.29) is 22.9 Å². The molecule has 1 aliphatic heterocycles. The Morgan fingerprint density at radius 1 is 0.812 bits per heavy atom. The van der Waals surface area contributed by atoms with Crippen molar-refractivity contribution in [3.63, 3.8) is 0 Å². The molecule has 1 heterocycles. The standard InChI is InChI=1S/C26H23N2OPS.BrH/c1-3-19-31-26-24(25(29)27-20(2)28-26)30(21-13-7-4-8-14-21,22-15-9-5-10-16-22)23-17-11-6-12-18-23;/h3-18H,1,19H2,2H3;1H. The molecule has 32 heavy (non-hydrogen) atoms. The average Bonchev–Trinajstić information content (AvgIpc) is 2.81. The first kappa shape index (κ1) is 24.2. The lowest BCUT2D eigenvalue weighted by molar-refractivity contribution is -0.111. The highest BCUT2D eigenvalue weighted by atomic mass is 79.9. The molecule has 0 saturated heterocycles. The molecule has 0 saturated carbocycles. The van der Waals surface area contributed by atoms with E-state index in [1.165, 1.54) is 0 Å². The fourth-order valence-electron chi connectivity index (χ4n) is 3.83. The van der Waals surface area contributed by atoms with Crippen LogP contribution in [0.4, 0.5) is 0 Å². The second-order valence-corrected chi connectivity index (χ2v) is 11.4. The van der Waals surface area contributed by atoms with Gasteiger partial charge in [-0.15, -0.1) is 35.3 Å². The van der Waals surface area contributed by atoms with Gasteiger partial charge in [-0.05, 0) is 29.7 Å². The number of benzene rings is 3. The van der Waals surface area contributed by atoms with E-state index >= 15 is 0 Å². The average molecular weight is 523 g/mol. The van der Waals surface area contributed by atoms with Crippen LogP contribution in [0.15, 0.2) is 114 Å². The van der Waals surface area contributed by atoms with E-state index in [1.54, 1.807) is 18.7 Å². The third-order valence-corrected chi connectivity index (χ3v) is 10.5. The summed E-state index contributed by atoms with van der Waals surface area (Å²) in [6.07, 6.45) is 1.84. The number of carbonyl (C=O) groups is 1. The topological polar surface area (TPSA) is 41.8 Å². The van der Waals surface area contributed by atoms with E-state index in [1.807, 2.05) is 60.7 Å². The van der Waals surface area contributed by atoms with Crippen molar-refractivity contribution in [2.75, 3.05) is 5.75 Å². The number of amides is 1. The van der Waals surface area contributed by atoms with Gasteiger partial charge >= 0.3 is 0 Å². The molecule has 3 aromatic carbocycles. The lowest BCUT2D eigenvalue weighted by Crippen LogP contribution is -2.38. The predicted octanol–water partition coefficient (Wildman–Crippen LogP) is 5.01. The molecule has 0 spiro atoms. The first-order valence-electron chi connectivity index (χ1n) is 10.0. The summed E-state index contributed by atoms with van der Waals surface area (Å²) in [5.74, 6) is 0.956. The van der Waals surface area contributed by atoms with Gasteiger partial charge in [0.15, 0.2) is 0 Å². The van der Waals surface area contributed by atoms with Gasteiger partial charge in [-0.1, -0.05) is 97.1 Å². The molecule has 0 N–H and O–H groups in total. The van der Waals surface area contributed by atoms with Crippen LogP contribution in [-0.2, 0) is 4.79 Å². The molecule has 1 amide bonds. The fourth-order valence-corrected chi connectivity index (χ4v) is 9.33. The highest BCUT2D eigenvalue weighted by Crippen LogP contribution is 2.47. The molecule has 162 valence electrons. The van der Waals surface area contributed by atoms with Crippen LogP contribution >= 0.6 is 35.6 Å². The van der Waals surface area contributed by atoms with E-state index in [4.69, 9.17) is 4.99 Å². The summed E-state index contributed by atoms with van der Waals surface area (Å²) in [4.78, 5) is 22.7. The summed E-state index contributed by atoms with van der Waals surface area (Å²) in [7, 11) is 0. The maximum atomic E-state index is 13.6. The summed E-state index contributed by atoms with van der Waals surface area (Å²) < 4.78 is 0. The zero-order chi connectivity index (χ0) is 21.7. The molecule has 0 unspecified atom stereocenters. The fraction of sp³-hybridized carbons (Fsp3) is 0.0769. The number of rotatable bonds is 5. The van der Waals surface area contributed by atoms with Crippen molar-refractivity contribution in [2.45, 2.75) is 6.92 Å². The summed E-state index contributed by atoms with van der Waals surface area (Å²) in [6, 6.07) is 30.9. The Morgan fingerprint density at radius 3 is 1.66 bits per heavy atom. The van der Waals surface area contributed by atoms with Crippen LogP contribution < -0.4 is 15.9 Å². The monoisotopic (exact) mass is 522 g/mol. The molecule has 0 atom stereocenters. The van der Waals surface area contributed by atoms with E-state index in [0.717, 1.165) is 21.0 Å². The highest BCUT2D eigenvalue weighted by molar-refractivity contribution is 8.93. The van der Waals surface area contributed by atoms with Crippen LogP contribution in [0.25, 0.3) is 0 Å². The molecular formula is C26H24BrN2OPS. The minimum absolute atomic E-state index is 0. The first-order chi connectivity index (χ1) is 15.2. The molecular weight excluding hydrogens is 499 g/mol. The summed E-state index contributed by atoms with van der Waals surface area (Å²) in [5.41, 5.74) is 0. The molecule has 1 aliphatic rings. The normalized spacial score (nSPS) is 13.7. The van der Waals surface area contributed by atoms with Gasteiger partial charge < -0.3 is 0 Å². The van der Waals surface area contributed by atoms with E-state index < -0.39 is 6.89 Å². The Bertz CT molecular complexity index is 1120. The smallest absolute Gasteiger partial charge is 0.267 e. The SMILES string of the molecule is Br.C=CCSC1=NC(C)=NC(=O)C1=P(c1ccccc1)(c1ccccc1)c1ccccc1. The maximum absolute atomic E-state index is 13.6. The second-order valence-electron chi connectivity index (χ2n) is 7.01. The Kier molecular flexibility index (Phi) is 8.25. The molecule has 6 heteroatoms. The Balaban J connectivity index is 0.00000289. The highest BCUT2D eigenvalue weighted by Gasteiger charge is 2.37. The van der Waals surface area contributed by atoms with Crippen molar-refractivity contribution in [3.05, 3.63) is 104 Å². The van der Waals surface area contributed by atoms with Crippen LogP contribution in [0, 0.1) is 0 Å². The van der Waals surface area contributed by atoms with Crippen molar-refractivity contribution in [1.82, 2.24) is 0 Å². The largest absolute Gasteiger partial charge is 0.282 e. The minimum atomic E-state index is -2.53. The first-order valence-corrected chi connectivity index (χ1v) is 12.8. The molecule has 0 bridgehead atoms. The van der Waals surface area contributed by atoms with Crippen LogP contribution in [-0.4, -0.2) is 27.8 Å². The third-order valence-electron chi connectivity index (χ3n) is 5.04. The molecule has 0 fully saturated rings. The van der Waals surface area contributed by atoms with Gasteiger partial charge in [-0.2, -0.15) is 4.99 Å². The Labute approximate surface area is 204 Å². The summed E-state index contributed by atoms with van der Waals surface area (Å²) >= 11 is 1.54. The summed E-state index contributed by atoms with van der Waals surface area (Å²) in [6.45, 7) is 3.09. The molecule has 0 radical (unpaired) electrons. The van der Waals surface area contributed by atoms with E-state index in [2.05, 4.69) is 48.0 Å². The molecule has 4 rings (SSSR count). The lowest BCUT2D eigenvalue weighted by atomic mass is 10.3. The quantitative estimate of drug-likeness (QED) is 0.349. The number of aliphatic imine (C=N–C) groups is 2. The number of hydrogen-bond acceptors (Lipinski definition) is 3. The molecule has 0 aromatic heterocycles. The number of amidine groups is 1. The van der Waals surface area contributed by atoms with Gasteiger partial charge in [-0.3, -0.25) is 4.79 Å². The predicted molar refractivity (Wildman–Crippen MR) is 149 cm³/mol. The van der Waals surface area contributed by atoms with Gasteiger partial charge in [-0.25, -0.2) is 4.99 Å². The van der Waals surface area contributed by atoms with Crippen molar-refractivity contribution in [3.8, 4) is 0 Å². The van der Waals surface area contributed by atoms with Crippen molar-refractivity contribution in [1.29, 1.82) is 0 Å².